The number of nitro groups is 1. The van der Waals surface area contributed by atoms with Gasteiger partial charge in [-0.05, 0) is 44.4 Å². The van der Waals surface area contributed by atoms with Gasteiger partial charge in [-0.25, -0.2) is 9.48 Å². The Bertz CT molecular complexity index is 1040. The zero-order valence-electron chi connectivity index (χ0n) is 15.4. The molecule has 0 unspecified atom stereocenters. The molecule has 7 heteroatoms. The van der Waals surface area contributed by atoms with Crippen molar-refractivity contribution in [1.29, 1.82) is 0 Å². The van der Waals surface area contributed by atoms with E-state index in [1.165, 1.54) is 6.07 Å². The van der Waals surface area contributed by atoms with Crippen LogP contribution in [0, 0.1) is 10.1 Å². The van der Waals surface area contributed by atoms with Crippen LogP contribution in [0.5, 0.6) is 0 Å². The summed E-state index contributed by atoms with van der Waals surface area (Å²) in [5.74, 6) is -0.557. The lowest BCUT2D eigenvalue weighted by atomic mass is 10.1. The first-order valence-corrected chi connectivity index (χ1v) is 9.16. The Hall–Kier alpha value is -3.48. The third-order valence-corrected chi connectivity index (χ3v) is 4.98. The molecule has 0 saturated heterocycles. The number of esters is 1. The highest BCUT2D eigenvalue weighted by Gasteiger charge is 2.30. The third-order valence-electron chi connectivity index (χ3n) is 4.98. The first-order valence-electron chi connectivity index (χ1n) is 9.16. The highest BCUT2D eigenvalue weighted by Crippen LogP contribution is 2.31. The quantitative estimate of drug-likeness (QED) is 0.378. The molecule has 1 heterocycles. The monoisotopic (exact) mass is 377 g/mol. The molecule has 1 aliphatic carbocycles. The van der Waals surface area contributed by atoms with Gasteiger partial charge in [0.05, 0.1) is 16.2 Å². The number of aromatic nitrogens is 2. The smallest absolute Gasteiger partial charge is 0.359 e. The van der Waals surface area contributed by atoms with Crippen molar-refractivity contribution in [3.05, 3.63) is 87.2 Å². The van der Waals surface area contributed by atoms with Crippen LogP contribution in [0.3, 0.4) is 0 Å². The molecule has 4 rings (SSSR count). The molecule has 7 nitrogen and oxygen atoms in total. The van der Waals surface area contributed by atoms with E-state index in [-0.39, 0.29) is 5.69 Å². The minimum atomic E-state index is -0.756. The zero-order valence-corrected chi connectivity index (χ0v) is 15.4. The van der Waals surface area contributed by atoms with Crippen LogP contribution in [0.15, 0.2) is 54.6 Å². The molecule has 2 aromatic carbocycles. The molecule has 0 bridgehead atoms. The van der Waals surface area contributed by atoms with E-state index in [4.69, 9.17) is 4.74 Å². The number of carbonyl (C=O) groups excluding carboxylic acids is 1. The maximum absolute atomic E-state index is 12.8. The summed E-state index contributed by atoms with van der Waals surface area (Å²) >= 11 is 0. The van der Waals surface area contributed by atoms with Crippen molar-refractivity contribution in [2.45, 2.75) is 32.3 Å². The lowest BCUT2D eigenvalue weighted by Gasteiger charge is -2.13. The first kappa shape index (κ1) is 17.9. The molecular formula is C21H19N3O4. The second-order valence-corrected chi connectivity index (χ2v) is 6.74. The highest BCUT2D eigenvalue weighted by molar-refractivity contribution is 5.89. The minimum absolute atomic E-state index is 0.0668. The van der Waals surface area contributed by atoms with Gasteiger partial charge in [0, 0.05) is 17.3 Å². The standard InChI is InChI=1S/C21H19N3O4/c1-14(16-10-5-6-12-19(16)24(26)27)28-21(25)20-17-11-7-13-18(17)23(22-20)15-8-3-2-4-9-15/h2-6,8-10,12,14H,7,11,13H2,1H3/t14-/m1/s1. The Morgan fingerprint density at radius 2 is 1.86 bits per heavy atom. The number of benzene rings is 2. The van der Waals surface area contributed by atoms with Crippen LogP contribution in [0.4, 0.5) is 5.69 Å². The van der Waals surface area contributed by atoms with Gasteiger partial charge >= 0.3 is 5.97 Å². The molecule has 0 N–H and O–H groups in total. The largest absolute Gasteiger partial charge is 0.453 e. The van der Waals surface area contributed by atoms with Gasteiger partial charge in [-0.1, -0.05) is 30.3 Å². The van der Waals surface area contributed by atoms with Crippen LogP contribution in [-0.2, 0) is 17.6 Å². The molecular weight excluding hydrogens is 358 g/mol. The maximum Gasteiger partial charge on any atom is 0.359 e. The first-order chi connectivity index (χ1) is 13.6. The van der Waals surface area contributed by atoms with Crippen molar-refractivity contribution in [1.82, 2.24) is 9.78 Å². The number of fused-ring (bicyclic) bond motifs is 1. The van der Waals surface area contributed by atoms with Gasteiger partial charge in [-0.3, -0.25) is 10.1 Å². The number of carbonyl (C=O) groups is 1. The molecule has 0 spiro atoms. The molecule has 0 radical (unpaired) electrons. The normalized spacial score (nSPS) is 13.8. The van der Waals surface area contributed by atoms with Crippen molar-refractivity contribution in [3.63, 3.8) is 0 Å². The average molecular weight is 377 g/mol. The zero-order chi connectivity index (χ0) is 19.7. The van der Waals surface area contributed by atoms with E-state index in [1.807, 2.05) is 30.3 Å². The van der Waals surface area contributed by atoms with Gasteiger partial charge in [0.25, 0.3) is 5.69 Å². The maximum atomic E-state index is 12.8. The number of nitro benzene ring substituents is 1. The fourth-order valence-electron chi connectivity index (χ4n) is 3.66. The minimum Gasteiger partial charge on any atom is -0.453 e. The molecule has 1 aliphatic rings. The topological polar surface area (TPSA) is 87.3 Å². The molecule has 0 fully saturated rings. The number of nitrogens with zero attached hydrogens (tertiary/aromatic N) is 3. The molecule has 0 saturated carbocycles. The Balaban J connectivity index is 1.64. The van der Waals surface area contributed by atoms with Crippen molar-refractivity contribution < 1.29 is 14.5 Å². The Labute approximate surface area is 161 Å². The van der Waals surface area contributed by atoms with E-state index in [0.29, 0.717) is 11.3 Å². The van der Waals surface area contributed by atoms with Crippen molar-refractivity contribution in [2.75, 3.05) is 0 Å². The lowest BCUT2D eigenvalue weighted by molar-refractivity contribution is -0.386. The van der Waals surface area contributed by atoms with Crippen LogP contribution in [0.2, 0.25) is 0 Å². The van der Waals surface area contributed by atoms with Crippen LogP contribution < -0.4 is 0 Å². The summed E-state index contributed by atoms with van der Waals surface area (Å²) in [5, 5.41) is 15.8. The summed E-state index contributed by atoms with van der Waals surface area (Å²) in [6.45, 7) is 1.63. The van der Waals surface area contributed by atoms with E-state index < -0.39 is 17.0 Å². The van der Waals surface area contributed by atoms with E-state index in [9.17, 15) is 14.9 Å². The fraction of sp³-hybridized carbons (Fsp3) is 0.238. The predicted octanol–water partition coefficient (Wildman–Crippen LogP) is 4.19. The Kier molecular flexibility index (Phi) is 4.65. The molecule has 3 aromatic rings. The van der Waals surface area contributed by atoms with Gasteiger partial charge in [0.1, 0.15) is 6.10 Å². The van der Waals surface area contributed by atoms with Gasteiger partial charge in [0.2, 0.25) is 0 Å². The van der Waals surface area contributed by atoms with Gasteiger partial charge in [0.15, 0.2) is 5.69 Å². The van der Waals surface area contributed by atoms with Gasteiger partial charge < -0.3 is 4.74 Å². The summed E-state index contributed by atoms with van der Waals surface area (Å²) < 4.78 is 7.37. The molecule has 0 amide bonds. The molecule has 0 aliphatic heterocycles. The summed E-state index contributed by atoms with van der Waals surface area (Å²) in [7, 11) is 0. The Morgan fingerprint density at radius 1 is 1.14 bits per heavy atom. The summed E-state index contributed by atoms with van der Waals surface area (Å²) in [6, 6.07) is 15.9. The van der Waals surface area contributed by atoms with E-state index in [1.54, 1.807) is 29.8 Å². The number of hydrogen-bond donors (Lipinski definition) is 0. The van der Waals surface area contributed by atoms with E-state index >= 15 is 0 Å². The fourth-order valence-corrected chi connectivity index (χ4v) is 3.66. The van der Waals surface area contributed by atoms with Crippen molar-refractivity contribution in [3.8, 4) is 5.69 Å². The van der Waals surface area contributed by atoms with Crippen LogP contribution in [0.1, 0.15) is 46.8 Å². The summed E-state index contributed by atoms with van der Waals surface area (Å²) in [5.41, 5.74) is 3.41. The predicted molar refractivity (Wildman–Crippen MR) is 103 cm³/mol. The SMILES string of the molecule is C[C@@H](OC(=O)c1nn(-c2ccccc2)c2c1CCC2)c1ccccc1[N+](=O)[O-]. The second-order valence-electron chi connectivity index (χ2n) is 6.74. The number of para-hydroxylation sites is 2. The molecule has 1 aromatic heterocycles. The van der Waals surface area contributed by atoms with Crippen molar-refractivity contribution >= 4 is 11.7 Å². The van der Waals surface area contributed by atoms with Gasteiger partial charge in [-0.15, -0.1) is 0 Å². The van der Waals surface area contributed by atoms with E-state index in [2.05, 4.69) is 5.10 Å². The number of ether oxygens (including phenoxy) is 1. The van der Waals surface area contributed by atoms with Crippen LogP contribution in [-0.4, -0.2) is 20.7 Å². The Morgan fingerprint density at radius 3 is 2.61 bits per heavy atom. The summed E-state index contributed by atoms with van der Waals surface area (Å²) in [4.78, 5) is 23.6. The highest BCUT2D eigenvalue weighted by atomic mass is 16.6. The number of rotatable bonds is 5. The molecule has 142 valence electrons. The lowest BCUT2D eigenvalue weighted by Crippen LogP contribution is -2.13. The second kappa shape index (κ2) is 7.26. The third kappa shape index (κ3) is 3.15. The average Bonchev–Trinajstić information content (AvgIpc) is 3.31. The number of hydrogen-bond acceptors (Lipinski definition) is 5. The summed E-state index contributed by atoms with van der Waals surface area (Å²) in [6.07, 6.45) is 1.82. The van der Waals surface area contributed by atoms with Crippen LogP contribution >= 0.6 is 0 Å². The van der Waals surface area contributed by atoms with Gasteiger partial charge in [-0.2, -0.15) is 5.10 Å². The molecule has 1 atom stereocenters. The van der Waals surface area contributed by atoms with Crippen molar-refractivity contribution in [2.24, 2.45) is 0 Å². The molecule has 28 heavy (non-hydrogen) atoms. The van der Waals surface area contributed by atoms with Crippen LogP contribution in [0.25, 0.3) is 5.69 Å². The van der Waals surface area contributed by atoms with E-state index in [0.717, 1.165) is 36.2 Å².